The van der Waals surface area contributed by atoms with Crippen LogP contribution in [0.2, 0.25) is 0 Å². The van der Waals surface area contributed by atoms with E-state index in [0.717, 1.165) is 0 Å². The fourth-order valence-electron chi connectivity index (χ4n) is 2.54. The Morgan fingerprint density at radius 2 is 1.62 bits per heavy atom. The van der Waals surface area contributed by atoms with Crippen molar-refractivity contribution in [2.24, 2.45) is 0 Å². The molecular weight excluding hydrogens is 425 g/mol. The SMILES string of the molecule is CCN(CC)S(=O)(=O)c1ccc(C(=O)Nc2ccccc2SCC(F)(F)F)cc1. The van der Waals surface area contributed by atoms with Crippen LogP contribution in [-0.4, -0.2) is 43.6 Å². The number of rotatable bonds is 8. The van der Waals surface area contributed by atoms with E-state index in [2.05, 4.69) is 5.32 Å². The number of amides is 1. The highest BCUT2D eigenvalue weighted by atomic mass is 32.2. The molecule has 0 atom stereocenters. The van der Waals surface area contributed by atoms with Crippen molar-refractivity contribution in [1.82, 2.24) is 4.31 Å². The van der Waals surface area contributed by atoms with E-state index in [1.807, 2.05) is 0 Å². The molecule has 0 heterocycles. The molecule has 1 N–H and O–H groups in total. The van der Waals surface area contributed by atoms with Crippen LogP contribution in [-0.2, 0) is 10.0 Å². The van der Waals surface area contributed by atoms with Gasteiger partial charge in [0.05, 0.1) is 16.3 Å². The monoisotopic (exact) mass is 446 g/mol. The van der Waals surface area contributed by atoms with Gasteiger partial charge < -0.3 is 5.32 Å². The minimum Gasteiger partial charge on any atom is -0.321 e. The summed E-state index contributed by atoms with van der Waals surface area (Å²) in [4.78, 5) is 12.8. The number of benzene rings is 2. The number of sulfonamides is 1. The van der Waals surface area contributed by atoms with Gasteiger partial charge in [-0.1, -0.05) is 26.0 Å². The number of carbonyl (C=O) groups excluding carboxylic acids is 1. The summed E-state index contributed by atoms with van der Waals surface area (Å²) in [7, 11) is -3.64. The average Bonchev–Trinajstić information content (AvgIpc) is 2.67. The zero-order valence-electron chi connectivity index (χ0n) is 15.9. The molecule has 0 spiro atoms. The van der Waals surface area contributed by atoms with Gasteiger partial charge in [0.2, 0.25) is 10.0 Å². The fourth-order valence-corrected chi connectivity index (χ4v) is 4.77. The lowest BCUT2D eigenvalue weighted by Gasteiger charge is -2.18. The lowest BCUT2D eigenvalue weighted by atomic mass is 10.2. The quantitative estimate of drug-likeness (QED) is 0.601. The molecule has 29 heavy (non-hydrogen) atoms. The molecule has 0 saturated heterocycles. The zero-order valence-corrected chi connectivity index (χ0v) is 17.5. The van der Waals surface area contributed by atoms with E-state index in [0.29, 0.717) is 29.7 Å². The lowest BCUT2D eigenvalue weighted by Crippen LogP contribution is -2.30. The van der Waals surface area contributed by atoms with Crippen LogP contribution in [0.25, 0.3) is 0 Å². The highest BCUT2D eigenvalue weighted by molar-refractivity contribution is 7.99. The van der Waals surface area contributed by atoms with Crippen molar-refractivity contribution in [1.29, 1.82) is 0 Å². The van der Waals surface area contributed by atoms with Crippen LogP contribution >= 0.6 is 11.8 Å². The summed E-state index contributed by atoms with van der Waals surface area (Å²) < 4.78 is 63.7. The number of nitrogens with zero attached hydrogens (tertiary/aromatic N) is 1. The van der Waals surface area contributed by atoms with Crippen LogP contribution in [0.1, 0.15) is 24.2 Å². The normalized spacial score (nSPS) is 12.2. The summed E-state index contributed by atoms with van der Waals surface area (Å²) in [6.45, 7) is 4.12. The smallest absolute Gasteiger partial charge is 0.321 e. The van der Waals surface area contributed by atoms with Crippen molar-refractivity contribution in [3.63, 3.8) is 0 Å². The van der Waals surface area contributed by atoms with Crippen LogP contribution in [0.3, 0.4) is 0 Å². The Hall–Kier alpha value is -2.04. The zero-order chi connectivity index (χ0) is 21.7. The van der Waals surface area contributed by atoms with E-state index >= 15 is 0 Å². The van der Waals surface area contributed by atoms with E-state index < -0.39 is 27.9 Å². The summed E-state index contributed by atoms with van der Waals surface area (Å²) in [6, 6.07) is 11.6. The van der Waals surface area contributed by atoms with Gasteiger partial charge in [-0.3, -0.25) is 4.79 Å². The molecule has 158 valence electrons. The largest absolute Gasteiger partial charge is 0.398 e. The maximum Gasteiger partial charge on any atom is 0.398 e. The van der Waals surface area contributed by atoms with Crippen molar-refractivity contribution >= 4 is 33.4 Å². The topological polar surface area (TPSA) is 66.5 Å². The predicted octanol–water partition coefficient (Wildman–Crippen LogP) is 4.62. The molecule has 0 aliphatic heterocycles. The molecule has 0 aliphatic rings. The van der Waals surface area contributed by atoms with Gasteiger partial charge in [0.25, 0.3) is 5.91 Å². The predicted molar refractivity (Wildman–Crippen MR) is 108 cm³/mol. The van der Waals surface area contributed by atoms with Crippen LogP contribution in [0, 0.1) is 0 Å². The fraction of sp³-hybridized carbons (Fsp3) is 0.316. The summed E-state index contributed by atoms with van der Waals surface area (Å²) in [5.74, 6) is -1.62. The molecule has 0 saturated carbocycles. The van der Waals surface area contributed by atoms with Gasteiger partial charge in [-0.05, 0) is 36.4 Å². The molecule has 5 nitrogen and oxygen atoms in total. The van der Waals surface area contributed by atoms with Crippen LogP contribution < -0.4 is 5.32 Å². The van der Waals surface area contributed by atoms with E-state index in [1.54, 1.807) is 26.0 Å². The highest BCUT2D eigenvalue weighted by Crippen LogP contribution is 2.32. The van der Waals surface area contributed by atoms with Crippen molar-refractivity contribution in [2.75, 3.05) is 24.2 Å². The Kier molecular flexibility index (Phi) is 7.73. The summed E-state index contributed by atoms with van der Waals surface area (Å²) in [6.07, 6.45) is -4.33. The number of hydrogen-bond donors (Lipinski definition) is 1. The van der Waals surface area contributed by atoms with E-state index in [9.17, 15) is 26.4 Å². The minimum absolute atomic E-state index is 0.0684. The molecule has 0 aliphatic carbocycles. The molecule has 2 rings (SSSR count). The second kappa shape index (κ2) is 9.64. The third kappa shape index (κ3) is 6.22. The van der Waals surface area contributed by atoms with Crippen molar-refractivity contribution in [3.05, 3.63) is 54.1 Å². The maximum absolute atomic E-state index is 12.5. The van der Waals surface area contributed by atoms with Crippen molar-refractivity contribution < 1.29 is 26.4 Å². The minimum atomic E-state index is -4.33. The molecule has 0 unspecified atom stereocenters. The van der Waals surface area contributed by atoms with Gasteiger partial charge in [0.15, 0.2) is 0 Å². The van der Waals surface area contributed by atoms with Gasteiger partial charge in [-0.2, -0.15) is 17.5 Å². The first-order valence-corrected chi connectivity index (χ1v) is 11.2. The van der Waals surface area contributed by atoms with Crippen molar-refractivity contribution in [2.45, 2.75) is 29.8 Å². The summed E-state index contributed by atoms with van der Waals surface area (Å²) in [5, 5.41) is 2.58. The molecule has 0 fully saturated rings. The van der Waals surface area contributed by atoms with Crippen LogP contribution in [0.5, 0.6) is 0 Å². The van der Waals surface area contributed by atoms with E-state index in [-0.39, 0.29) is 16.1 Å². The average molecular weight is 447 g/mol. The number of halogens is 3. The van der Waals surface area contributed by atoms with E-state index in [1.165, 1.54) is 40.7 Å². The molecule has 1 amide bonds. The molecule has 2 aromatic carbocycles. The highest BCUT2D eigenvalue weighted by Gasteiger charge is 2.28. The number of hydrogen-bond acceptors (Lipinski definition) is 4. The Morgan fingerprint density at radius 3 is 2.17 bits per heavy atom. The number of anilines is 1. The van der Waals surface area contributed by atoms with Gasteiger partial charge in [0, 0.05) is 23.5 Å². The second-order valence-electron chi connectivity index (χ2n) is 5.97. The first-order valence-electron chi connectivity index (χ1n) is 8.78. The molecular formula is C19H21F3N2O3S2. The third-order valence-corrected chi connectivity index (χ3v) is 7.19. The Morgan fingerprint density at radius 1 is 1.03 bits per heavy atom. The van der Waals surface area contributed by atoms with Gasteiger partial charge in [-0.15, -0.1) is 11.8 Å². The first-order chi connectivity index (χ1) is 13.6. The summed E-state index contributed by atoms with van der Waals surface area (Å²) >= 11 is 0.581. The number of para-hydroxylation sites is 1. The number of carbonyl (C=O) groups is 1. The second-order valence-corrected chi connectivity index (χ2v) is 8.92. The first kappa shape index (κ1) is 23.2. The molecule has 10 heteroatoms. The van der Waals surface area contributed by atoms with Crippen LogP contribution in [0.15, 0.2) is 58.3 Å². The molecule has 2 aromatic rings. The number of alkyl halides is 3. The number of thioether (sulfide) groups is 1. The Balaban J connectivity index is 2.17. The van der Waals surface area contributed by atoms with Gasteiger partial charge >= 0.3 is 6.18 Å². The lowest BCUT2D eigenvalue weighted by molar-refractivity contribution is -0.105. The van der Waals surface area contributed by atoms with Crippen molar-refractivity contribution in [3.8, 4) is 0 Å². The summed E-state index contributed by atoms with van der Waals surface area (Å²) in [5.41, 5.74) is 0.450. The number of nitrogens with one attached hydrogen (secondary N) is 1. The molecule has 0 bridgehead atoms. The maximum atomic E-state index is 12.5. The molecule has 0 radical (unpaired) electrons. The van der Waals surface area contributed by atoms with Gasteiger partial charge in [-0.25, -0.2) is 8.42 Å². The van der Waals surface area contributed by atoms with Gasteiger partial charge in [0.1, 0.15) is 0 Å². The Bertz CT molecular complexity index is 942. The van der Waals surface area contributed by atoms with Crippen LogP contribution in [0.4, 0.5) is 18.9 Å². The van der Waals surface area contributed by atoms with E-state index in [4.69, 9.17) is 0 Å². The molecule has 0 aromatic heterocycles. The standard InChI is InChI=1S/C19H21F3N2O3S2/c1-3-24(4-2)29(26,27)15-11-9-14(10-12-15)18(25)23-16-7-5-6-8-17(16)28-13-19(20,21)22/h5-12H,3-4,13H2,1-2H3,(H,23,25). The third-order valence-electron chi connectivity index (χ3n) is 3.99. The Labute approximate surface area is 172 Å².